The number of rotatable bonds is 5. The molecule has 0 saturated heterocycles. The van der Waals surface area contributed by atoms with Crippen LogP contribution in [0.4, 0.5) is 10.5 Å². The molecule has 1 heterocycles. The number of carbonyl (C=O) groups is 1. The lowest BCUT2D eigenvalue weighted by Gasteiger charge is -2.13. The number of imidazole rings is 1. The van der Waals surface area contributed by atoms with Crippen LogP contribution in [-0.4, -0.2) is 22.0 Å². The quantitative estimate of drug-likeness (QED) is 0.379. The largest absolute Gasteiger partial charge is 0.338 e. The van der Waals surface area contributed by atoms with Crippen LogP contribution in [0.15, 0.2) is 66.7 Å². The molecule has 152 valence electrons. The summed E-state index contributed by atoms with van der Waals surface area (Å²) in [5.74, 6) is 0.862. The van der Waals surface area contributed by atoms with Crippen LogP contribution in [0.2, 0.25) is 0 Å². The number of benzene rings is 3. The first-order valence-electron chi connectivity index (χ1n) is 10.3. The lowest BCUT2D eigenvalue weighted by Crippen LogP contribution is -2.35. The molecule has 0 aliphatic rings. The third kappa shape index (κ3) is 4.20. The van der Waals surface area contributed by atoms with Crippen molar-refractivity contribution >= 4 is 22.8 Å². The van der Waals surface area contributed by atoms with Gasteiger partial charge in [0.1, 0.15) is 5.82 Å². The number of carbonyl (C=O) groups excluding carboxylic acids is 1. The van der Waals surface area contributed by atoms with Gasteiger partial charge in [0.15, 0.2) is 0 Å². The van der Waals surface area contributed by atoms with E-state index in [2.05, 4.69) is 46.8 Å². The van der Waals surface area contributed by atoms with E-state index in [0.717, 1.165) is 51.2 Å². The van der Waals surface area contributed by atoms with Gasteiger partial charge in [-0.2, -0.15) is 0 Å². The zero-order valence-corrected chi connectivity index (χ0v) is 17.5. The molecule has 5 nitrogen and oxygen atoms in total. The maximum Gasteiger partial charge on any atom is 0.319 e. The molecule has 0 fully saturated rings. The van der Waals surface area contributed by atoms with Gasteiger partial charge >= 0.3 is 6.03 Å². The number of hydrogen-bond donors (Lipinski definition) is 3. The van der Waals surface area contributed by atoms with Crippen LogP contribution in [0.25, 0.3) is 33.5 Å². The van der Waals surface area contributed by atoms with Crippen LogP contribution in [0.5, 0.6) is 0 Å². The fraction of sp³-hybridized carbons (Fsp3) is 0.200. The Kier molecular flexibility index (Phi) is 5.53. The number of nitrogens with one attached hydrogen (secondary N) is 3. The Hall–Kier alpha value is -3.60. The number of nitrogens with zero attached hydrogens (tertiary/aromatic N) is 1. The SMILES string of the molecule is CCC(C)NC(=O)Nc1ccc(-c2cccc(-c3nc4c(C)cccc4[nH]3)c2)cc1. The molecule has 4 aromatic rings. The van der Waals surface area contributed by atoms with E-state index in [4.69, 9.17) is 4.98 Å². The number of aromatic amines is 1. The topological polar surface area (TPSA) is 69.8 Å². The van der Waals surface area contributed by atoms with E-state index in [1.807, 2.05) is 56.3 Å². The van der Waals surface area contributed by atoms with Crippen molar-refractivity contribution in [1.29, 1.82) is 0 Å². The highest BCUT2D eigenvalue weighted by Crippen LogP contribution is 2.28. The number of H-pyrrole nitrogens is 1. The summed E-state index contributed by atoms with van der Waals surface area (Å²) >= 11 is 0. The van der Waals surface area contributed by atoms with Gasteiger partial charge in [0.2, 0.25) is 0 Å². The van der Waals surface area contributed by atoms with E-state index in [0.29, 0.717) is 0 Å². The van der Waals surface area contributed by atoms with E-state index in [1.165, 1.54) is 0 Å². The van der Waals surface area contributed by atoms with Crippen molar-refractivity contribution < 1.29 is 4.79 Å². The van der Waals surface area contributed by atoms with Gasteiger partial charge in [0.25, 0.3) is 0 Å². The zero-order valence-electron chi connectivity index (χ0n) is 17.5. The molecular weight excluding hydrogens is 372 g/mol. The van der Waals surface area contributed by atoms with Crippen LogP contribution in [-0.2, 0) is 0 Å². The average Bonchev–Trinajstić information content (AvgIpc) is 3.20. The molecule has 0 aliphatic carbocycles. The number of hydrogen-bond acceptors (Lipinski definition) is 2. The summed E-state index contributed by atoms with van der Waals surface area (Å²) in [5, 5.41) is 5.78. The smallest absolute Gasteiger partial charge is 0.319 e. The Balaban J connectivity index is 1.55. The van der Waals surface area contributed by atoms with Gasteiger partial charge in [-0.25, -0.2) is 9.78 Å². The average molecular weight is 399 g/mol. The van der Waals surface area contributed by atoms with E-state index in [9.17, 15) is 4.79 Å². The van der Waals surface area contributed by atoms with Crippen molar-refractivity contribution in [2.24, 2.45) is 0 Å². The maximum atomic E-state index is 12.0. The molecule has 0 bridgehead atoms. The zero-order chi connectivity index (χ0) is 21.1. The Bertz CT molecular complexity index is 1180. The molecule has 0 spiro atoms. The molecule has 3 N–H and O–H groups in total. The van der Waals surface area contributed by atoms with Crippen molar-refractivity contribution in [1.82, 2.24) is 15.3 Å². The lowest BCUT2D eigenvalue weighted by molar-refractivity contribution is 0.249. The third-order valence-electron chi connectivity index (χ3n) is 5.32. The van der Waals surface area contributed by atoms with Gasteiger partial charge in [0.05, 0.1) is 11.0 Å². The third-order valence-corrected chi connectivity index (χ3v) is 5.32. The van der Waals surface area contributed by atoms with Crippen LogP contribution in [0.3, 0.4) is 0 Å². The van der Waals surface area contributed by atoms with Crippen LogP contribution in [0.1, 0.15) is 25.8 Å². The second-order valence-corrected chi connectivity index (χ2v) is 7.62. The first kappa shape index (κ1) is 19.7. The minimum absolute atomic E-state index is 0.147. The standard InChI is InChI=1S/C25H26N4O/c1-4-17(3)26-25(30)27-21-13-11-18(12-14-21)19-8-6-9-20(15-19)24-28-22-10-5-7-16(2)23(22)29-24/h5-15,17H,4H2,1-3H3,(H,28,29)(H2,26,27,30). The summed E-state index contributed by atoms with van der Waals surface area (Å²) in [6.07, 6.45) is 0.896. The molecule has 2 amide bonds. The fourth-order valence-corrected chi connectivity index (χ4v) is 3.40. The lowest BCUT2D eigenvalue weighted by atomic mass is 10.0. The summed E-state index contributed by atoms with van der Waals surface area (Å²) in [4.78, 5) is 20.2. The number of urea groups is 1. The highest BCUT2D eigenvalue weighted by atomic mass is 16.2. The van der Waals surface area contributed by atoms with Crippen LogP contribution >= 0.6 is 0 Å². The Morgan fingerprint density at radius 2 is 1.73 bits per heavy atom. The number of anilines is 1. The Morgan fingerprint density at radius 3 is 2.47 bits per heavy atom. The number of aryl methyl sites for hydroxylation is 1. The molecule has 0 aliphatic heterocycles. The second-order valence-electron chi connectivity index (χ2n) is 7.62. The van der Waals surface area contributed by atoms with Crippen molar-refractivity contribution in [2.45, 2.75) is 33.2 Å². The van der Waals surface area contributed by atoms with E-state index in [1.54, 1.807) is 0 Å². The molecule has 0 radical (unpaired) electrons. The predicted molar refractivity (Wildman–Crippen MR) is 124 cm³/mol. The van der Waals surface area contributed by atoms with Gasteiger partial charge in [-0.1, -0.05) is 49.4 Å². The van der Waals surface area contributed by atoms with E-state index < -0.39 is 0 Å². The summed E-state index contributed by atoms with van der Waals surface area (Å²) < 4.78 is 0. The van der Waals surface area contributed by atoms with E-state index in [-0.39, 0.29) is 12.1 Å². The first-order valence-corrected chi connectivity index (χ1v) is 10.3. The van der Waals surface area contributed by atoms with E-state index >= 15 is 0 Å². The van der Waals surface area contributed by atoms with Gasteiger partial charge < -0.3 is 15.6 Å². The summed E-state index contributed by atoms with van der Waals surface area (Å²) in [7, 11) is 0. The van der Waals surface area contributed by atoms with Gasteiger partial charge in [-0.15, -0.1) is 0 Å². The summed E-state index contributed by atoms with van der Waals surface area (Å²) in [5.41, 5.74) is 7.19. The molecule has 1 atom stereocenters. The number of para-hydroxylation sites is 1. The molecular formula is C25H26N4O. The first-order chi connectivity index (χ1) is 14.5. The molecule has 1 unspecified atom stereocenters. The molecule has 30 heavy (non-hydrogen) atoms. The van der Waals surface area contributed by atoms with Crippen molar-refractivity contribution in [3.63, 3.8) is 0 Å². The molecule has 5 heteroatoms. The summed E-state index contributed by atoms with van der Waals surface area (Å²) in [6.45, 7) is 6.10. The number of fused-ring (bicyclic) bond motifs is 1. The highest BCUT2D eigenvalue weighted by Gasteiger charge is 2.09. The normalized spacial score (nSPS) is 12.0. The highest BCUT2D eigenvalue weighted by molar-refractivity contribution is 5.90. The molecule has 3 aromatic carbocycles. The van der Waals surface area contributed by atoms with Gasteiger partial charge in [0, 0.05) is 17.3 Å². The Labute approximate surface area is 176 Å². The van der Waals surface area contributed by atoms with Gasteiger partial charge in [-0.3, -0.25) is 0 Å². The monoisotopic (exact) mass is 398 g/mol. The maximum absolute atomic E-state index is 12.0. The van der Waals surface area contributed by atoms with Crippen LogP contribution < -0.4 is 10.6 Å². The Morgan fingerprint density at radius 1 is 1.00 bits per heavy atom. The van der Waals surface area contributed by atoms with Gasteiger partial charge in [-0.05, 0) is 61.2 Å². The minimum atomic E-state index is -0.181. The molecule has 4 rings (SSSR count). The summed E-state index contributed by atoms with van der Waals surface area (Å²) in [6, 6.07) is 22.3. The molecule has 0 saturated carbocycles. The number of aromatic nitrogens is 2. The van der Waals surface area contributed by atoms with Crippen molar-refractivity contribution in [3.05, 3.63) is 72.3 Å². The predicted octanol–water partition coefficient (Wildman–Crippen LogP) is 6.13. The number of amides is 2. The van der Waals surface area contributed by atoms with Crippen molar-refractivity contribution in [2.75, 3.05) is 5.32 Å². The fourth-order valence-electron chi connectivity index (χ4n) is 3.40. The minimum Gasteiger partial charge on any atom is -0.338 e. The van der Waals surface area contributed by atoms with Crippen molar-refractivity contribution in [3.8, 4) is 22.5 Å². The van der Waals surface area contributed by atoms with Crippen LogP contribution in [0, 0.1) is 6.92 Å². The molecule has 1 aromatic heterocycles. The second kappa shape index (κ2) is 8.41.